The van der Waals surface area contributed by atoms with E-state index in [1.54, 1.807) is 11.4 Å². The summed E-state index contributed by atoms with van der Waals surface area (Å²) < 4.78 is 0. The number of carbonyl (C=O) groups is 2. The lowest BCUT2D eigenvalue weighted by molar-refractivity contribution is -0.116. The highest BCUT2D eigenvalue weighted by Gasteiger charge is 2.10. The van der Waals surface area contributed by atoms with E-state index in [2.05, 4.69) is 20.8 Å². The molecule has 2 N–H and O–H groups in total. The zero-order valence-electron chi connectivity index (χ0n) is 12.5. The Bertz CT molecular complexity index is 623. The standard InChI is InChI=1S/C14H18N4O2S2/c1-9(2)13-17-18-14(22-13)16-11(19)4-3-6-15-12(20)10-5-7-21-8-10/h5,7-9H,3-4,6H2,1-2H3,(H,15,20)(H,16,18,19). The molecule has 2 amide bonds. The first-order valence-corrected chi connectivity index (χ1v) is 8.76. The van der Waals surface area contributed by atoms with Gasteiger partial charge in [-0.15, -0.1) is 10.2 Å². The van der Waals surface area contributed by atoms with Gasteiger partial charge in [0.25, 0.3) is 5.91 Å². The number of nitrogens with one attached hydrogen (secondary N) is 2. The first-order valence-electron chi connectivity index (χ1n) is 7.00. The van der Waals surface area contributed by atoms with Gasteiger partial charge in [-0.2, -0.15) is 11.3 Å². The molecule has 0 aliphatic carbocycles. The molecule has 0 aromatic carbocycles. The van der Waals surface area contributed by atoms with E-state index in [9.17, 15) is 9.59 Å². The molecule has 0 aliphatic heterocycles. The summed E-state index contributed by atoms with van der Waals surface area (Å²) in [6.07, 6.45) is 0.915. The van der Waals surface area contributed by atoms with E-state index in [0.29, 0.717) is 36.0 Å². The lowest BCUT2D eigenvalue weighted by Crippen LogP contribution is -2.25. The second kappa shape index (κ2) is 8.00. The highest BCUT2D eigenvalue weighted by Crippen LogP contribution is 2.22. The van der Waals surface area contributed by atoms with Gasteiger partial charge in [-0.1, -0.05) is 25.2 Å². The Balaban J connectivity index is 1.66. The van der Waals surface area contributed by atoms with Gasteiger partial charge in [0.15, 0.2) is 0 Å². The van der Waals surface area contributed by atoms with Gasteiger partial charge in [-0.05, 0) is 17.9 Å². The second-order valence-electron chi connectivity index (χ2n) is 5.02. The van der Waals surface area contributed by atoms with E-state index < -0.39 is 0 Å². The molecule has 0 spiro atoms. The van der Waals surface area contributed by atoms with Crippen LogP contribution >= 0.6 is 22.7 Å². The topological polar surface area (TPSA) is 84.0 Å². The molecule has 118 valence electrons. The second-order valence-corrected chi connectivity index (χ2v) is 6.81. The Morgan fingerprint density at radius 2 is 2.14 bits per heavy atom. The molecule has 2 rings (SSSR count). The molecule has 0 aliphatic rings. The lowest BCUT2D eigenvalue weighted by atomic mass is 10.2. The van der Waals surface area contributed by atoms with E-state index in [-0.39, 0.29) is 11.8 Å². The van der Waals surface area contributed by atoms with Crippen molar-refractivity contribution in [1.82, 2.24) is 15.5 Å². The molecule has 2 heterocycles. The van der Waals surface area contributed by atoms with Crippen molar-refractivity contribution in [2.75, 3.05) is 11.9 Å². The van der Waals surface area contributed by atoms with Gasteiger partial charge in [0.2, 0.25) is 11.0 Å². The maximum atomic E-state index is 11.8. The molecular formula is C14H18N4O2S2. The number of anilines is 1. The van der Waals surface area contributed by atoms with Crippen molar-refractivity contribution in [3.63, 3.8) is 0 Å². The molecule has 0 saturated heterocycles. The van der Waals surface area contributed by atoms with Crippen molar-refractivity contribution in [3.8, 4) is 0 Å². The Morgan fingerprint density at radius 3 is 2.77 bits per heavy atom. The maximum absolute atomic E-state index is 11.8. The van der Waals surface area contributed by atoms with Gasteiger partial charge < -0.3 is 10.6 Å². The molecule has 6 nitrogen and oxygen atoms in total. The van der Waals surface area contributed by atoms with Gasteiger partial charge >= 0.3 is 0 Å². The van der Waals surface area contributed by atoms with Gasteiger partial charge in [0.1, 0.15) is 5.01 Å². The fourth-order valence-corrected chi connectivity index (χ4v) is 3.04. The summed E-state index contributed by atoms with van der Waals surface area (Å²) in [5, 5.41) is 18.5. The van der Waals surface area contributed by atoms with Gasteiger partial charge in [0, 0.05) is 29.8 Å². The Kier molecular flexibility index (Phi) is 6.02. The third-order valence-electron chi connectivity index (χ3n) is 2.83. The number of thiophene rings is 1. The minimum atomic E-state index is -0.115. The predicted molar refractivity (Wildman–Crippen MR) is 88.5 cm³/mol. The Morgan fingerprint density at radius 1 is 1.32 bits per heavy atom. The lowest BCUT2D eigenvalue weighted by Gasteiger charge is -2.03. The first-order chi connectivity index (χ1) is 10.6. The van der Waals surface area contributed by atoms with Crippen LogP contribution in [0.1, 0.15) is 48.0 Å². The summed E-state index contributed by atoms with van der Waals surface area (Å²) in [6, 6.07) is 1.77. The van der Waals surface area contributed by atoms with Crippen LogP contribution in [0.5, 0.6) is 0 Å². The summed E-state index contributed by atoms with van der Waals surface area (Å²) in [5.74, 6) is 0.0825. The van der Waals surface area contributed by atoms with E-state index in [0.717, 1.165) is 5.01 Å². The molecule has 22 heavy (non-hydrogen) atoms. The third kappa shape index (κ3) is 4.88. The van der Waals surface area contributed by atoms with Crippen molar-refractivity contribution >= 4 is 39.6 Å². The normalized spacial score (nSPS) is 10.7. The van der Waals surface area contributed by atoms with Crippen molar-refractivity contribution in [2.45, 2.75) is 32.6 Å². The van der Waals surface area contributed by atoms with Gasteiger partial charge in [0.05, 0.1) is 0 Å². The molecule has 2 aromatic heterocycles. The monoisotopic (exact) mass is 338 g/mol. The summed E-state index contributed by atoms with van der Waals surface area (Å²) in [5.41, 5.74) is 0.657. The van der Waals surface area contributed by atoms with Crippen molar-refractivity contribution in [2.24, 2.45) is 0 Å². The van der Waals surface area contributed by atoms with Gasteiger partial charge in [-0.25, -0.2) is 0 Å². The van der Waals surface area contributed by atoms with E-state index in [1.165, 1.54) is 22.7 Å². The molecule has 0 radical (unpaired) electrons. The van der Waals surface area contributed by atoms with Crippen LogP contribution in [0.2, 0.25) is 0 Å². The summed E-state index contributed by atoms with van der Waals surface area (Å²) in [4.78, 5) is 23.5. The highest BCUT2D eigenvalue weighted by atomic mass is 32.1. The van der Waals surface area contributed by atoms with Gasteiger partial charge in [-0.3, -0.25) is 9.59 Å². The van der Waals surface area contributed by atoms with Crippen LogP contribution in [-0.2, 0) is 4.79 Å². The van der Waals surface area contributed by atoms with Crippen molar-refractivity contribution < 1.29 is 9.59 Å². The first kappa shape index (κ1) is 16.6. The minimum Gasteiger partial charge on any atom is -0.352 e. The third-order valence-corrected chi connectivity index (χ3v) is 4.65. The maximum Gasteiger partial charge on any atom is 0.252 e. The number of hydrogen-bond donors (Lipinski definition) is 2. The number of rotatable bonds is 7. The average molecular weight is 338 g/mol. The van der Waals surface area contributed by atoms with Crippen LogP contribution in [0, 0.1) is 0 Å². The zero-order chi connectivity index (χ0) is 15.9. The molecule has 2 aromatic rings. The summed E-state index contributed by atoms with van der Waals surface area (Å²) >= 11 is 2.87. The van der Waals surface area contributed by atoms with Crippen LogP contribution in [-0.4, -0.2) is 28.6 Å². The molecule has 0 saturated carbocycles. The Hall–Kier alpha value is -1.80. The van der Waals surface area contributed by atoms with Crippen molar-refractivity contribution in [3.05, 3.63) is 27.4 Å². The summed E-state index contributed by atoms with van der Waals surface area (Å²) in [7, 11) is 0. The molecule has 0 atom stereocenters. The highest BCUT2D eigenvalue weighted by molar-refractivity contribution is 7.15. The largest absolute Gasteiger partial charge is 0.352 e. The van der Waals surface area contributed by atoms with Crippen LogP contribution < -0.4 is 10.6 Å². The zero-order valence-corrected chi connectivity index (χ0v) is 14.1. The summed E-state index contributed by atoms with van der Waals surface area (Å²) in [6.45, 7) is 4.53. The molecule has 0 fully saturated rings. The average Bonchev–Trinajstić information content (AvgIpc) is 3.14. The van der Waals surface area contributed by atoms with E-state index in [4.69, 9.17) is 0 Å². The number of amides is 2. The molecular weight excluding hydrogens is 320 g/mol. The molecule has 0 unspecified atom stereocenters. The van der Waals surface area contributed by atoms with Crippen LogP contribution in [0.4, 0.5) is 5.13 Å². The number of hydrogen-bond acceptors (Lipinski definition) is 6. The smallest absolute Gasteiger partial charge is 0.252 e. The fraction of sp³-hybridized carbons (Fsp3) is 0.429. The number of nitrogens with zero attached hydrogens (tertiary/aromatic N) is 2. The quantitative estimate of drug-likeness (QED) is 0.760. The van der Waals surface area contributed by atoms with E-state index >= 15 is 0 Å². The van der Waals surface area contributed by atoms with Crippen molar-refractivity contribution in [1.29, 1.82) is 0 Å². The number of aromatic nitrogens is 2. The fourth-order valence-electron chi connectivity index (χ4n) is 1.65. The SMILES string of the molecule is CC(C)c1nnc(NC(=O)CCCNC(=O)c2ccsc2)s1. The molecule has 0 bridgehead atoms. The van der Waals surface area contributed by atoms with Crippen LogP contribution in [0.15, 0.2) is 16.8 Å². The molecule has 8 heteroatoms. The Labute approximate surface area is 137 Å². The van der Waals surface area contributed by atoms with E-state index in [1.807, 2.05) is 19.2 Å². The van der Waals surface area contributed by atoms with Crippen LogP contribution in [0.25, 0.3) is 0 Å². The van der Waals surface area contributed by atoms with Crippen LogP contribution in [0.3, 0.4) is 0 Å². The number of carbonyl (C=O) groups excluding carboxylic acids is 2. The predicted octanol–water partition coefficient (Wildman–Crippen LogP) is 2.87. The minimum absolute atomic E-state index is 0.104.